The standard InChI is InChI=1S/C28H33F3N8O5S/c1-7-33-25(42)36-20-9-17(24-35-19(13-45-24)28(29,30)31)18(12-34-20)15-8-16(11-32-10-15)22(40)38-39-23(41)21(14(2)3)37-26(43)44-27(4,5)6/h8-14,21H,7H2,1-6H3,(H,37,43)(H,38,40)(H,39,41)(H2,33,34,36,42). The predicted molar refractivity (Wildman–Crippen MR) is 160 cm³/mol. The molecule has 0 aliphatic carbocycles. The van der Waals surface area contributed by atoms with Crippen LogP contribution in [0.25, 0.3) is 21.7 Å². The van der Waals surface area contributed by atoms with Gasteiger partial charge in [-0.05, 0) is 45.7 Å². The quantitative estimate of drug-likeness (QED) is 0.217. The second-order valence-electron chi connectivity index (χ2n) is 10.9. The number of alkyl halides is 3. The van der Waals surface area contributed by atoms with Gasteiger partial charge >= 0.3 is 18.3 Å². The monoisotopic (exact) mass is 650 g/mol. The highest BCUT2D eigenvalue weighted by Crippen LogP contribution is 2.38. The van der Waals surface area contributed by atoms with Crippen molar-refractivity contribution in [3.8, 4) is 21.7 Å². The predicted octanol–water partition coefficient (Wildman–Crippen LogP) is 4.74. The van der Waals surface area contributed by atoms with E-state index in [9.17, 15) is 32.3 Å². The molecule has 0 spiro atoms. The lowest BCUT2D eigenvalue weighted by atomic mass is 10.0. The Morgan fingerprint density at radius 3 is 2.31 bits per heavy atom. The van der Waals surface area contributed by atoms with Crippen molar-refractivity contribution in [1.29, 1.82) is 0 Å². The van der Waals surface area contributed by atoms with E-state index in [1.807, 2.05) is 0 Å². The fraction of sp³-hybridized carbons (Fsp3) is 0.393. The average Bonchev–Trinajstić information content (AvgIpc) is 3.45. The fourth-order valence-electron chi connectivity index (χ4n) is 3.73. The second kappa shape index (κ2) is 14.3. The SMILES string of the molecule is CCNC(=O)Nc1cc(-c2nc(C(F)(F)F)cs2)c(-c2cncc(C(=O)NNC(=O)C(NC(=O)OC(C)(C)C)C(C)C)c2)cn1. The maximum atomic E-state index is 13.3. The van der Waals surface area contributed by atoms with Crippen molar-refractivity contribution in [1.82, 2.24) is 36.4 Å². The Bertz CT molecular complexity index is 1560. The van der Waals surface area contributed by atoms with Crippen LogP contribution < -0.4 is 26.8 Å². The number of amides is 5. The van der Waals surface area contributed by atoms with Gasteiger partial charge in [0.15, 0.2) is 5.69 Å². The molecule has 0 aliphatic heterocycles. The number of nitrogens with zero attached hydrogens (tertiary/aromatic N) is 3. The third kappa shape index (κ3) is 9.85. The van der Waals surface area contributed by atoms with Gasteiger partial charge in [0.2, 0.25) is 0 Å². The molecule has 242 valence electrons. The number of anilines is 1. The largest absolute Gasteiger partial charge is 0.444 e. The molecule has 0 radical (unpaired) electrons. The molecule has 45 heavy (non-hydrogen) atoms. The van der Waals surface area contributed by atoms with Gasteiger partial charge in [0.05, 0.1) is 5.56 Å². The minimum atomic E-state index is -4.68. The highest BCUT2D eigenvalue weighted by molar-refractivity contribution is 7.13. The Hall–Kier alpha value is -4.80. The van der Waals surface area contributed by atoms with E-state index in [1.54, 1.807) is 41.5 Å². The van der Waals surface area contributed by atoms with Crippen molar-refractivity contribution in [3.05, 3.63) is 47.4 Å². The second-order valence-corrected chi connectivity index (χ2v) is 11.8. The molecule has 17 heteroatoms. The van der Waals surface area contributed by atoms with Crippen LogP contribution >= 0.6 is 11.3 Å². The molecule has 0 bridgehead atoms. The third-order valence-electron chi connectivity index (χ3n) is 5.74. The van der Waals surface area contributed by atoms with Gasteiger partial charge in [-0.25, -0.2) is 19.6 Å². The number of carbonyl (C=O) groups excluding carboxylic acids is 4. The lowest BCUT2D eigenvalue weighted by molar-refractivity contribution is -0.140. The maximum absolute atomic E-state index is 13.3. The summed E-state index contributed by atoms with van der Waals surface area (Å²) in [5.74, 6) is -1.79. The molecule has 3 heterocycles. The lowest BCUT2D eigenvalue weighted by Crippen LogP contribution is -2.55. The van der Waals surface area contributed by atoms with Crippen molar-refractivity contribution in [2.24, 2.45) is 5.92 Å². The van der Waals surface area contributed by atoms with E-state index in [1.165, 1.54) is 30.7 Å². The summed E-state index contributed by atoms with van der Waals surface area (Å²) in [6, 6.07) is 1.15. The van der Waals surface area contributed by atoms with Gasteiger partial charge in [-0.3, -0.25) is 30.7 Å². The first-order valence-electron chi connectivity index (χ1n) is 13.6. The summed E-state index contributed by atoms with van der Waals surface area (Å²) in [4.78, 5) is 62.0. The van der Waals surface area contributed by atoms with Crippen molar-refractivity contribution in [2.45, 2.75) is 59.4 Å². The van der Waals surface area contributed by atoms with Crippen LogP contribution in [0, 0.1) is 5.92 Å². The van der Waals surface area contributed by atoms with Crippen molar-refractivity contribution >= 4 is 41.1 Å². The molecule has 5 amide bonds. The average molecular weight is 651 g/mol. The normalized spacial score (nSPS) is 12.2. The maximum Gasteiger partial charge on any atom is 0.434 e. The number of halogens is 3. The minimum Gasteiger partial charge on any atom is -0.444 e. The van der Waals surface area contributed by atoms with E-state index in [2.05, 4.69) is 41.8 Å². The van der Waals surface area contributed by atoms with E-state index < -0.39 is 47.5 Å². The number of hydrazine groups is 1. The molecule has 0 fully saturated rings. The number of alkyl carbamates (subject to hydrolysis) is 1. The first-order chi connectivity index (χ1) is 21.0. The highest BCUT2D eigenvalue weighted by Gasteiger charge is 2.34. The number of rotatable bonds is 8. The van der Waals surface area contributed by atoms with E-state index in [-0.39, 0.29) is 39.0 Å². The Balaban J connectivity index is 1.86. The summed E-state index contributed by atoms with van der Waals surface area (Å²) in [7, 11) is 0. The van der Waals surface area contributed by atoms with Crippen LogP contribution in [0.15, 0.2) is 36.1 Å². The molecular formula is C28H33F3N8O5S. The van der Waals surface area contributed by atoms with Gasteiger partial charge in [-0.2, -0.15) is 13.2 Å². The van der Waals surface area contributed by atoms with E-state index in [0.29, 0.717) is 6.54 Å². The van der Waals surface area contributed by atoms with Crippen LogP contribution in [0.4, 0.5) is 28.6 Å². The zero-order chi connectivity index (χ0) is 33.5. The van der Waals surface area contributed by atoms with Gasteiger partial charge < -0.3 is 15.4 Å². The first kappa shape index (κ1) is 34.7. The highest BCUT2D eigenvalue weighted by atomic mass is 32.1. The summed E-state index contributed by atoms with van der Waals surface area (Å²) in [6.45, 7) is 10.4. The molecule has 3 aromatic heterocycles. The molecule has 0 aliphatic rings. The van der Waals surface area contributed by atoms with Gasteiger partial charge in [-0.1, -0.05) is 13.8 Å². The summed E-state index contributed by atoms with van der Waals surface area (Å²) in [5, 5.41) is 8.36. The van der Waals surface area contributed by atoms with E-state index >= 15 is 0 Å². The minimum absolute atomic E-state index is 0.0143. The summed E-state index contributed by atoms with van der Waals surface area (Å²) in [5.41, 5.74) is 3.40. The molecule has 13 nitrogen and oxygen atoms in total. The van der Waals surface area contributed by atoms with Crippen molar-refractivity contribution < 1.29 is 37.1 Å². The van der Waals surface area contributed by atoms with Crippen molar-refractivity contribution in [2.75, 3.05) is 11.9 Å². The Kier molecular flexibility index (Phi) is 11.0. The van der Waals surface area contributed by atoms with Crippen LogP contribution in [-0.2, 0) is 15.7 Å². The first-order valence-corrected chi connectivity index (χ1v) is 14.5. The summed E-state index contributed by atoms with van der Waals surface area (Å²) < 4.78 is 45.2. The van der Waals surface area contributed by atoms with Crippen molar-refractivity contribution in [3.63, 3.8) is 0 Å². The number of pyridine rings is 2. The number of urea groups is 1. The molecule has 0 saturated heterocycles. The number of hydrogen-bond acceptors (Lipinski definition) is 9. The summed E-state index contributed by atoms with van der Waals surface area (Å²) >= 11 is 0.737. The Morgan fingerprint density at radius 2 is 1.71 bits per heavy atom. The number of hydrogen-bond donors (Lipinski definition) is 5. The Morgan fingerprint density at radius 1 is 1.00 bits per heavy atom. The topological polar surface area (TPSA) is 176 Å². The van der Waals surface area contributed by atoms with Crippen LogP contribution in [-0.4, -0.2) is 57.1 Å². The molecule has 5 N–H and O–H groups in total. The molecular weight excluding hydrogens is 617 g/mol. The van der Waals surface area contributed by atoms with Crippen LogP contribution in [0.2, 0.25) is 0 Å². The van der Waals surface area contributed by atoms with Gasteiger partial charge in [0.25, 0.3) is 11.8 Å². The fourth-order valence-corrected chi connectivity index (χ4v) is 4.59. The molecule has 0 aromatic carbocycles. The van der Waals surface area contributed by atoms with Gasteiger partial charge in [0.1, 0.15) is 22.5 Å². The molecule has 1 unspecified atom stereocenters. The number of nitrogens with one attached hydrogen (secondary N) is 5. The van der Waals surface area contributed by atoms with Gasteiger partial charge in [-0.15, -0.1) is 11.3 Å². The number of aromatic nitrogens is 3. The molecule has 1 atom stereocenters. The smallest absolute Gasteiger partial charge is 0.434 e. The number of carbonyl (C=O) groups is 4. The number of ether oxygens (including phenoxy) is 1. The van der Waals surface area contributed by atoms with Crippen LogP contribution in [0.1, 0.15) is 57.6 Å². The molecule has 3 aromatic rings. The van der Waals surface area contributed by atoms with Crippen LogP contribution in [0.5, 0.6) is 0 Å². The van der Waals surface area contributed by atoms with E-state index in [4.69, 9.17) is 4.74 Å². The zero-order valence-corrected chi connectivity index (χ0v) is 26.1. The Labute approximate surface area is 260 Å². The third-order valence-corrected chi connectivity index (χ3v) is 6.62. The molecule has 3 rings (SSSR count). The van der Waals surface area contributed by atoms with E-state index in [0.717, 1.165) is 16.7 Å². The zero-order valence-electron chi connectivity index (χ0n) is 25.3. The lowest BCUT2D eigenvalue weighted by Gasteiger charge is -2.25. The van der Waals surface area contributed by atoms with Gasteiger partial charge in [0, 0.05) is 47.2 Å². The number of thiazole rings is 1. The summed E-state index contributed by atoms with van der Waals surface area (Å²) in [6.07, 6.45) is -1.59. The molecule has 0 saturated carbocycles. The van der Waals surface area contributed by atoms with Crippen LogP contribution in [0.3, 0.4) is 0 Å².